The molecule has 0 aliphatic carbocycles. The van der Waals surface area contributed by atoms with Gasteiger partial charge in [-0.05, 0) is 30.3 Å². The highest BCUT2D eigenvalue weighted by molar-refractivity contribution is 6.10. The molecule has 2 rings (SSSR count). The summed E-state index contributed by atoms with van der Waals surface area (Å²) >= 11 is 0. The van der Waals surface area contributed by atoms with Crippen molar-refractivity contribution in [3.63, 3.8) is 0 Å². The molecule has 0 unspecified atom stereocenters. The average molecular weight is 372 g/mol. The molecule has 7 nitrogen and oxygen atoms in total. The standard InChI is InChI=1S/C20H20O7/c1-6-18(21)27-15-9-12(7-8-14(15)23-2)19(22)13-10-16(24-3)20(26-5)17(11-13)25-4/h6-11H,1H2,2-5H3. The quantitative estimate of drug-likeness (QED) is 0.305. The predicted molar refractivity (Wildman–Crippen MR) is 98.4 cm³/mol. The Kier molecular flexibility index (Phi) is 6.43. The lowest BCUT2D eigenvalue weighted by Gasteiger charge is -2.14. The van der Waals surface area contributed by atoms with Gasteiger partial charge in [0.25, 0.3) is 0 Å². The minimum absolute atomic E-state index is 0.112. The van der Waals surface area contributed by atoms with E-state index in [1.54, 1.807) is 18.2 Å². The molecule has 0 bridgehead atoms. The third-order valence-corrected chi connectivity index (χ3v) is 3.73. The molecule has 2 aromatic carbocycles. The number of rotatable bonds is 8. The zero-order chi connectivity index (χ0) is 20.0. The number of ether oxygens (including phenoxy) is 5. The number of methoxy groups -OCH3 is 4. The van der Waals surface area contributed by atoms with Crippen LogP contribution in [0.5, 0.6) is 28.7 Å². The van der Waals surface area contributed by atoms with E-state index in [-0.39, 0.29) is 17.1 Å². The Hall–Kier alpha value is -3.48. The summed E-state index contributed by atoms with van der Waals surface area (Å²) in [6.45, 7) is 3.35. The molecule has 0 spiro atoms. The van der Waals surface area contributed by atoms with Gasteiger partial charge in [-0.15, -0.1) is 0 Å². The lowest BCUT2D eigenvalue weighted by Crippen LogP contribution is -2.07. The summed E-state index contributed by atoms with van der Waals surface area (Å²) in [5.74, 6) is 0.525. The number of hydrogen-bond acceptors (Lipinski definition) is 7. The van der Waals surface area contributed by atoms with Crippen molar-refractivity contribution >= 4 is 11.8 Å². The zero-order valence-electron chi connectivity index (χ0n) is 15.5. The average Bonchev–Trinajstić information content (AvgIpc) is 2.71. The second kappa shape index (κ2) is 8.75. The maximum Gasteiger partial charge on any atom is 0.335 e. The first-order valence-electron chi connectivity index (χ1n) is 7.86. The summed E-state index contributed by atoms with van der Waals surface area (Å²) in [4.78, 5) is 24.4. The van der Waals surface area contributed by atoms with Crippen LogP contribution in [0.15, 0.2) is 43.0 Å². The number of benzene rings is 2. The smallest absolute Gasteiger partial charge is 0.335 e. The number of carbonyl (C=O) groups is 2. The summed E-state index contributed by atoms with van der Waals surface area (Å²) < 4.78 is 26.1. The summed E-state index contributed by atoms with van der Waals surface area (Å²) in [5, 5.41) is 0. The van der Waals surface area contributed by atoms with Crippen LogP contribution in [0.1, 0.15) is 15.9 Å². The van der Waals surface area contributed by atoms with Gasteiger partial charge >= 0.3 is 5.97 Å². The molecule has 0 fully saturated rings. The minimum Gasteiger partial charge on any atom is -0.493 e. The Morgan fingerprint density at radius 3 is 1.81 bits per heavy atom. The van der Waals surface area contributed by atoms with Crippen LogP contribution in [0.2, 0.25) is 0 Å². The van der Waals surface area contributed by atoms with Gasteiger partial charge in [0.1, 0.15) is 0 Å². The second-order valence-electron chi connectivity index (χ2n) is 5.23. The van der Waals surface area contributed by atoms with Gasteiger partial charge in [0.2, 0.25) is 5.75 Å². The highest BCUT2D eigenvalue weighted by Crippen LogP contribution is 2.39. The van der Waals surface area contributed by atoms with Crippen molar-refractivity contribution in [2.75, 3.05) is 28.4 Å². The van der Waals surface area contributed by atoms with E-state index < -0.39 is 5.97 Å². The minimum atomic E-state index is -0.661. The van der Waals surface area contributed by atoms with Crippen LogP contribution in [0.3, 0.4) is 0 Å². The Morgan fingerprint density at radius 2 is 1.33 bits per heavy atom. The van der Waals surface area contributed by atoms with E-state index in [2.05, 4.69) is 6.58 Å². The molecule has 0 aliphatic heterocycles. The van der Waals surface area contributed by atoms with E-state index in [0.29, 0.717) is 28.6 Å². The van der Waals surface area contributed by atoms with Gasteiger partial charge < -0.3 is 23.7 Å². The third kappa shape index (κ3) is 4.20. The van der Waals surface area contributed by atoms with Crippen LogP contribution >= 0.6 is 0 Å². The Bertz CT molecular complexity index is 846. The van der Waals surface area contributed by atoms with Crippen molar-refractivity contribution < 1.29 is 33.3 Å². The fraction of sp³-hybridized carbons (Fsp3) is 0.200. The molecular formula is C20H20O7. The Morgan fingerprint density at radius 1 is 0.778 bits per heavy atom. The van der Waals surface area contributed by atoms with Crippen LogP contribution in [0, 0.1) is 0 Å². The van der Waals surface area contributed by atoms with Gasteiger partial charge in [-0.2, -0.15) is 0 Å². The van der Waals surface area contributed by atoms with E-state index in [9.17, 15) is 9.59 Å². The number of esters is 1. The molecule has 0 atom stereocenters. The molecule has 0 radical (unpaired) electrons. The van der Waals surface area contributed by atoms with Crippen molar-refractivity contribution in [2.24, 2.45) is 0 Å². The molecule has 0 N–H and O–H groups in total. The normalized spacial score (nSPS) is 9.93. The highest BCUT2D eigenvalue weighted by atomic mass is 16.6. The Labute approximate surface area is 157 Å². The van der Waals surface area contributed by atoms with Crippen LogP contribution in [0.25, 0.3) is 0 Å². The van der Waals surface area contributed by atoms with Crippen LogP contribution in [0.4, 0.5) is 0 Å². The first kappa shape index (κ1) is 19.8. The van der Waals surface area contributed by atoms with Crippen LogP contribution < -0.4 is 23.7 Å². The first-order chi connectivity index (χ1) is 13.0. The van der Waals surface area contributed by atoms with E-state index in [1.165, 1.54) is 40.6 Å². The lowest BCUT2D eigenvalue weighted by molar-refractivity contribution is -0.129. The van der Waals surface area contributed by atoms with Gasteiger partial charge in [0.15, 0.2) is 28.8 Å². The summed E-state index contributed by atoms with van der Waals surface area (Å²) in [5.41, 5.74) is 0.604. The molecule has 0 heterocycles. The molecule has 7 heteroatoms. The molecule has 0 aliphatic rings. The number of carbonyl (C=O) groups excluding carboxylic acids is 2. The fourth-order valence-corrected chi connectivity index (χ4v) is 2.43. The fourth-order valence-electron chi connectivity index (χ4n) is 2.43. The van der Waals surface area contributed by atoms with E-state index in [1.807, 2.05) is 0 Å². The molecule has 142 valence electrons. The number of ketones is 1. The maximum atomic E-state index is 12.9. The summed E-state index contributed by atoms with van der Waals surface area (Å²) in [6.07, 6.45) is 1.02. The second-order valence-corrected chi connectivity index (χ2v) is 5.23. The topological polar surface area (TPSA) is 80.3 Å². The van der Waals surface area contributed by atoms with Gasteiger partial charge in [0, 0.05) is 17.2 Å². The maximum absolute atomic E-state index is 12.9. The van der Waals surface area contributed by atoms with Gasteiger partial charge in [-0.3, -0.25) is 4.79 Å². The largest absolute Gasteiger partial charge is 0.493 e. The van der Waals surface area contributed by atoms with Crippen molar-refractivity contribution in [2.45, 2.75) is 0 Å². The lowest BCUT2D eigenvalue weighted by atomic mass is 10.0. The van der Waals surface area contributed by atoms with Crippen LogP contribution in [-0.2, 0) is 4.79 Å². The van der Waals surface area contributed by atoms with Crippen molar-refractivity contribution in [3.05, 3.63) is 54.1 Å². The highest BCUT2D eigenvalue weighted by Gasteiger charge is 2.20. The Balaban J connectivity index is 2.50. The van der Waals surface area contributed by atoms with Crippen molar-refractivity contribution in [3.8, 4) is 28.7 Å². The third-order valence-electron chi connectivity index (χ3n) is 3.73. The zero-order valence-corrected chi connectivity index (χ0v) is 15.5. The monoisotopic (exact) mass is 372 g/mol. The predicted octanol–water partition coefficient (Wildman–Crippen LogP) is 3.04. The number of hydrogen-bond donors (Lipinski definition) is 0. The van der Waals surface area contributed by atoms with E-state index in [0.717, 1.165) is 6.08 Å². The van der Waals surface area contributed by atoms with Gasteiger partial charge in [0.05, 0.1) is 28.4 Å². The van der Waals surface area contributed by atoms with Gasteiger partial charge in [-0.1, -0.05) is 6.58 Å². The van der Waals surface area contributed by atoms with Crippen molar-refractivity contribution in [1.82, 2.24) is 0 Å². The van der Waals surface area contributed by atoms with Crippen molar-refractivity contribution in [1.29, 1.82) is 0 Å². The molecule has 2 aromatic rings. The van der Waals surface area contributed by atoms with E-state index in [4.69, 9.17) is 23.7 Å². The summed E-state index contributed by atoms with van der Waals surface area (Å²) in [6, 6.07) is 7.62. The molecule has 0 saturated heterocycles. The SMILES string of the molecule is C=CC(=O)Oc1cc(C(=O)c2cc(OC)c(OC)c(OC)c2)ccc1OC. The van der Waals surface area contributed by atoms with Gasteiger partial charge in [-0.25, -0.2) is 4.79 Å². The van der Waals surface area contributed by atoms with E-state index >= 15 is 0 Å². The molecule has 0 saturated carbocycles. The molecule has 0 amide bonds. The molecular weight excluding hydrogens is 352 g/mol. The molecule has 0 aromatic heterocycles. The first-order valence-corrected chi connectivity index (χ1v) is 7.86. The molecule has 27 heavy (non-hydrogen) atoms. The van der Waals surface area contributed by atoms with Crippen LogP contribution in [-0.4, -0.2) is 40.2 Å². The summed E-state index contributed by atoms with van der Waals surface area (Å²) in [7, 11) is 5.84.